The molecule has 8 heteroatoms. The van der Waals surface area contributed by atoms with Gasteiger partial charge in [0.2, 0.25) is 0 Å². The molecule has 12 aromatic rings. The van der Waals surface area contributed by atoms with E-state index in [0.717, 1.165) is 99.6 Å². The zero-order valence-electron chi connectivity index (χ0n) is 57.4. The molecular formula is C84H90F2N2Si4. The summed E-state index contributed by atoms with van der Waals surface area (Å²) in [6.45, 7) is 41.8. The van der Waals surface area contributed by atoms with Gasteiger partial charge in [0.05, 0.1) is 55.0 Å². The summed E-state index contributed by atoms with van der Waals surface area (Å²) < 4.78 is 37.3. The first kappa shape index (κ1) is 64.1. The highest BCUT2D eigenvalue weighted by atomic mass is 28.3. The molecular weight excluding hydrogens is 1190 g/mol. The van der Waals surface area contributed by atoms with Crippen molar-refractivity contribution in [3.05, 3.63) is 241 Å². The molecule has 466 valence electrons. The quantitative estimate of drug-likeness (QED) is 0.0791. The molecule has 0 saturated carbocycles. The van der Waals surface area contributed by atoms with Crippen molar-refractivity contribution in [2.45, 2.75) is 131 Å². The lowest BCUT2D eigenvalue weighted by molar-refractivity contribution is 0.590. The first-order valence-corrected chi connectivity index (χ1v) is 46.8. The molecule has 0 saturated heterocycles. The second-order valence-electron chi connectivity index (χ2n) is 31.9. The summed E-state index contributed by atoms with van der Waals surface area (Å²) in [6, 6.07) is 78.5. The molecule has 0 aliphatic carbocycles. The fourth-order valence-corrected chi connectivity index (χ4v) is 17.9. The molecule has 92 heavy (non-hydrogen) atoms. The molecule has 0 amide bonds. The largest absolute Gasteiger partial charge is 0.307 e. The fraction of sp³-hybridized carbons (Fsp3) is 0.238. The van der Waals surface area contributed by atoms with E-state index in [2.05, 4.69) is 336 Å². The van der Waals surface area contributed by atoms with E-state index in [1.807, 2.05) is 0 Å². The summed E-state index contributed by atoms with van der Waals surface area (Å²) in [7, 11) is -6.58. The summed E-state index contributed by atoms with van der Waals surface area (Å²) in [5.41, 5.74) is 13.6. The summed E-state index contributed by atoms with van der Waals surface area (Å²) >= 11 is 0. The van der Waals surface area contributed by atoms with Gasteiger partial charge < -0.3 is 9.80 Å². The highest BCUT2D eigenvalue weighted by Gasteiger charge is 2.31. The van der Waals surface area contributed by atoms with Crippen LogP contribution in [0.25, 0.3) is 76.8 Å². The zero-order chi connectivity index (χ0) is 65.8. The summed E-state index contributed by atoms with van der Waals surface area (Å²) in [5.74, 6) is -0.630. The highest BCUT2D eigenvalue weighted by molar-refractivity contribution is 6.90. The van der Waals surface area contributed by atoms with Crippen LogP contribution in [0.4, 0.5) is 42.9 Å². The first-order valence-electron chi connectivity index (χ1n) is 32.8. The summed E-state index contributed by atoms with van der Waals surface area (Å²) in [5, 5.41) is 11.6. The maximum Gasteiger partial charge on any atom is 0.148 e. The first-order chi connectivity index (χ1) is 43.2. The third kappa shape index (κ3) is 12.4. The lowest BCUT2D eigenvalue weighted by Gasteiger charge is -2.32. The Morgan fingerprint density at radius 2 is 0.554 bits per heavy atom. The molecule has 12 rings (SSSR count). The van der Waals surface area contributed by atoms with E-state index in [1.165, 1.54) is 31.9 Å². The van der Waals surface area contributed by atoms with E-state index >= 15 is 8.78 Å². The maximum absolute atomic E-state index is 18.6. The Bertz CT molecular complexity index is 4400. The van der Waals surface area contributed by atoms with Crippen LogP contribution >= 0.6 is 0 Å². The minimum Gasteiger partial charge on any atom is -0.307 e. The predicted octanol–water partition coefficient (Wildman–Crippen LogP) is 23.2. The van der Waals surface area contributed by atoms with Crippen LogP contribution < -0.4 is 30.5 Å². The van der Waals surface area contributed by atoms with Crippen LogP contribution in [0.3, 0.4) is 0 Å². The van der Waals surface area contributed by atoms with Gasteiger partial charge in [0.1, 0.15) is 11.6 Å². The zero-order valence-corrected chi connectivity index (χ0v) is 61.4. The van der Waals surface area contributed by atoms with Gasteiger partial charge in [-0.2, -0.15) is 0 Å². The van der Waals surface area contributed by atoms with E-state index in [0.29, 0.717) is 11.4 Å². The molecule has 0 aliphatic rings. The van der Waals surface area contributed by atoms with E-state index < -0.39 is 32.3 Å². The average molecular weight is 1280 g/mol. The topological polar surface area (TPSA) is 6.48 Å². The number of nitrogens with zero attached hydrogens (tertiary/aromatic N) is 2. The van der Waals surface area contributed by atoms with Crippen LogP contribution in [0.15, 0.2) is 218 Å². The van der Waals surface area contributed by atoms with E-state index in [-0.39, 0.29) is 22.5 Å². The predicted molar refractivity (Wildman–Crippen MR) is 410 cm³/mol. The summed E-state index contributed by atoms with van der Waals surface area (Å²) in [4.78, 5) is 4.35. The average Bonchev–Trinajstić information content (AvgIpc) is 0.727. The molecule has 0 heterocycles. The molecule has 0 radical (unpaired) electrons. The van der Waals surface area contributed by atoms with Crippen LogP contribution in [0, 0.1) is 11.6 Å². The lowest BCUT2D eigenvalue weighted by Crippen LogP contribution is -2.37. The molecule has 0 unspecified atom stereocenters. The highest BCUT2D eigenvalue weighted by Crippen LogP contribution is 2.52. The number of anilines is 6. The van der Waals surface area contributed by atoms with Gasteiger partial charge in [0, 0.05) is 33.3 Å². The maximum atomic E-state index is 18.6. The second-order valence-corrected chi connectivity index (χ2v) is 52.2. The number of hydrogen-bond donors (Lipinski definition) is 0. The Morgan fingerprint density at radius 1 is 0.283 bits per heavy atom. The van der Waals surface area contributed by atoms with Crippen molar-refractivity contribution in [1.82, 2.24) is 0 Å². The second kappa shape index (κ2) is 23.5. The Morgan fingerprint density at radius 3 is 0.826 bits per heavy atom. The van der Waals surface area contributed by atoms with Gasteiger partial charge in [0.15, 0.2) is 0 Å². The number of benzene rings is 12. The van der Waals surface area contributed by atoms with Crippen LogP contribution in [0.1, 0.15) is 52.7 Å². The molecule has 12 aromatic carbocycles. The Kier molecular flexibility index (Phi) is 16.4. The molecule has 0 fully saturated rings. The Hall–Kier alpha value is -7.99. The van der Waals surface area contributed by atoms with Gasteiger partial charge in [-0.3, -0.25) is 0 Å². The normalized spacial score (nSPS) is 12.8. The minimum atomic E-state index is -1.69. The van der Waals surface area contributed by atoms with Crippen LogP contribution in [-0.2, 0) is 10.8 Å². The molecule has 0 bridgehead atoms. The molecule has 2 nitrogen and oxygen atoms in total. The SMILES string of the molecule is CC(C)(C)c1ccc(N(c2c(F)cc(-c3ccc([Si](C)(C)C)cc3)cc2-c2ccc([Si](C)(C)C)cc2)c2ccc3ccc4c(N(c5ccc(C(C)(C)C)cc5)c5c(F)cc(-c6ccc([Si](C)(C)C)cc6)cc5-c5ccc([Si](C)(C)C)cc5)ccc5ccc2c3c54)cc1. The Labute approximate surface area is 551 Å². The Balaban J connectivity index is 1.12. The third-order valence-corrected chi connectivity index (χ3v) is 27.2. The lowest BCUT2D eigenvalue weighted by atomic mass is 9.86. The van der Waals surface area contributed by atoms with E-state index in [9.17, 15) is 0 Å². The van der Waals surface area contributed by atoms with Crippen molar-refractivity contribution >= 4 is 119 Å². The van der Waals surface area contributed by atoms with E-state index in [4.69, 9.17) is 0 Å². The molecule has 0 aliphatic heterocycles. The molecule has 0 aromatic heterocycles. The molecule has 0 spiro atoms. The van der Waals surface area contributed by atoms with Gasteiger partial charge in [-0.25, -0.2) is 8.78 Å². The van der Waals surface area contributed by atoms with Crippen LogP contribution in [0.2, 0.25) is 78.6 Å². The van der Waals surface area contributed by atoms with Crippen molar-refractivity contribution in [2.75, 3.05) is 9.80 Å². The smallest absolute Gasteiger partial charge is 0.148 e. The fourth-order valence-electron chi connectivity index (χ4n) is 13.2. The standard InChI is InChI=1S/C84H90F2N2Si4/c1-83(2,3)63-31-35-65(36-32-63)87(81-73(57-23-43-69(44-24-57)91(13,14)15)51-61(53-75(81)85)55-19-39-67(40-20-55)89(7,8)9)77-49-29-59-28-48-72-78(50-30-60-27-47-71(77)79(59)80(60)72)88(66-37-33-64(34-38-66)84(4,5)6)82-74(58-25-45-70(46-26-58)92(16,17)18)52-62(54-76(82)86)56-21-41-68(42-22-56)90(10,11)12/h19-54H,1-18H3. The van der Waals surface area contributed by atoms with Crippen molar-refractivity contribution < 1.29 is 8.78 Å². The van der Waals surface area contributed by atoms with Gasteiger partial charge in [0.25, 0.3) is 0 Å². The van der Waals surface area contributed by atoms with Gasteiger partial charge in [-0.15, -0.1) is 0 Å². The molecule has 0 N–H and O–H groups in total. The summed E-state index contributed by atoms with van der Waals surface area (Å²) in [6.07, 6.45) is 0. The molecule has 0 atom stereocenters. The minimum absolute atomic E-state index is 0.110. The number of halogens is 2. The monoisotopic (exact) mass is 1280 g/mol. The van der Waals surface area contributed by atoms with Gasteiger partial charge in [-0.05, 0) is 138 Å². The van der Waals surface area contributed by atoms with Crippen LogP contribution in [0.5, 0.6) is 0 Å². The van der Waals surface area contributed by atoms with Crippen molar-refractivity contribution in [3.63, 3.8) is 0 Å². The van der Waals surface area contributed by atoms with Crippen molar-refractivity contribution in [2.24, 2.45) is 0 Å². The van der Waals surface area contributed by atoms with Gasteiger partial charge in [-0.1, -0.05) is 299 Å². The van der Waals surface area contributed by atoms with Gasteiger partial charge >= 0.3 is 0 Å². The van der Waals surface area contributed by atoms with Crippen molar-refractivity contribution in [1.29, 1.82) is 0 Å². The van der Waals surface area contributed by atoms with Crippen LogP contribution in [-0.4, -0.2) is 32.3 Å². The van der Waals surface area contributed by atoms with E-state index in [1.54, 1.807) is 12.1 Å². The number of rotatable bonds is 14. The number of hydrogen-bond acceptors (Lipinski definition) is 2. The van der Waals surface area contributed by atoms with Crippen molar-refractivity contribution in [3.8, 4) is 44.5 Å². The third-order valence-electron chi connectivity index (χ3n) is 18.9.